The van der Waals surface area contributed by atoms with E-state index in [1.165, 1.54) is 167 Å². The van der Waals surface area contributed by atoms with E-state index in [0.29, 0.717) is 12.8 Å². The van der Waals surface area contributed by atoms with Crippen LogP contribution in [-0.2, 0) is 9.59 Å². The van der Waals surface area contributed by atoms with E-state index in [1.807, 2.05) is 0 Å². The first-order valence-electron chi connectivity index (χ1n) is 17.3. The molecule has 0 atom stereocenters. The lowest BCUT2D eigenvalue weighted by molar-refractivity contribution is -0.137. The van der Waals surface area contributed by atoms with Crippen molar-refractivity contribution in [2.45, 2.75) is 205 Å². The van der Waals surface area contributed by atoms with Crippen LogP contribution in [0.1, 0.15) is 205 Å². The minimum atomic E-state index is -0.656. The quantitative estimate of drug-likeness (QED) is 0.0428. The van der Waals surface area contributed by atoms with Crippen molar-refractivity contribution in [2.75, 3.05) is 0 Å². The van der Waals surface area contributed by atoms with Crippen LogP contribution in [0.5, 0.6) is 0 Å². The highest BCUT2D eigenvalue weighted by atomic mass is 16.5. The highest BCUT2D eigenvalue weighted by molar-refractivity contribution is 5.74. The zero-order valence-corrected chi connectivity index (χ0v) is 25.8. The van der Waals surface area contributed by atoms with Crippen LogP contribution in [-0.4, -0.2) is 22.2 Å². The third kappa shape index (κ3) is 34.9. The first kappa shape index (κ1) is 37.9. The van der Waals surface area contributed by atoms with Gasteiger partial charge in [0.2, 0.25) is 5.91 Å². The van der Waals surface area contributed by atoms with Crippen molar-refractivity contribution in [1.82, 2.24) is 5.48 Å². The average molecular weight is 554 g/mol. The van der Waals surface area contributed by atoms with E-state index in [1.54, 1.807) is 5.48 Å². The van der Waals surface area contributed by atoms with Crippen LogP contribution in [0.3, 0.4) is 0 Å². The number of carbonyl (C=O) groups excluding carboxylic acids is 1. The second kappa shape index (κ2) is 33.1. The Bertz CT molecular complexity index is 511. The maximum absolute atomic E-state index is 10.9. The molecule has 0 bridgehead atoms. The minimum absolute atomic E-state index is 0.262. The lowest BCUT2D eigenvalue weighted by Crippen LogP contribution is -2.17. The van der Waals surface area contributed by atoms with Crippen LogP contribution < -0.4 is 5.48 Å². The van der Waals surface area contributed by atoms with Gasteiger partial charge in [0.1, 0.15) is 0 Å². The molecule has 0 aliphatic heterocycles. The van der Waals surface area contributed by atoms with Gasteiger partial charge in [-0.3, -0.25) is 14.8 Å². The van der Waals surface area contributed by atoms with Gasteiger partial charge in [0, 0.05) is 12.8 Å². The van der Waals surface area contributed by atoms with Crippen molar-refractivity contribution in [1.29, 1.82) is 0 Å². The van der Waals surface area contributed by atoms with Crippen molar-refractivity contribution < 1.29 is 19.9 Å². The summed E-state index contributed by atoms with van der Waals surface area (Å²) in [6, 6.07) is 0. The van der Waals surface area contributed by atoms with E-state index in [2.05, 4.69) is 0 Å². The maximum atomic E-state index is 10.9. The van der Waals surface area contributed by atoms with Gasteiger partial charge in [-0.1, -0.05) is 180 Å². The van der Waals surface area contributed by atoms with Crippen LogP contribution in [0, 0.1) is 0 Å². The molecule has 0 rings (SSSR count). The Morgan fingerprint density at radius 3 is 0.692 bits per heavy atom. The van der Waals surface area contributed by atoms with Gasteiger partial charge in [0.25, 0.3) is 0 Å². The number of amides is 1. The molecule has 0 spiro atoms. The largest absolute Gasteiger partial charge is 0.481 e. The molecule has 0 aromatic rings. The summed E-state index contributed by atoms with van der Waals surface area (Å²) in [6.45, 7) is 0. The number of hydroxylamine groups is 1. The van der Waals surface area contributed by atoms with Crippen LogP contribution >= 0.6 is 0 Å². The lowest BCUT2D eigenvalue weighted by Gasteiger charge is -2.05. The third-order valence-corrected chi connectivity index (χ3v) is 8.17. The Hall–Kier alpha value is -1.10. The molecule has 0 fully saturated rings. The molecule has 3 N–H and O–H groups in total. The summed E-state index contributed by atoms with van der Waals surface area (Å²) in [7, 11) is 0. The standard InChI is InChI=1S/C34H67NO4/c36-33(35-39)31-29-27-25-23-21-19-17-15-13-11-9-7-5-3-1-2-4-6-8-10-12-14-16-18-20-22-24-26-28-30-32-34(37)38/h39H,1-32H2,(H,35,36)(H,37,38). The van der Waals surface area contributed by atoms with Crippen molar-refractivity contribution in [2.24, 2.45) is 0 Å². The third-order valence-electron chi connectivity index (χ3n) is 8.17. The highest BCUT2D eigenvalue weighted by Crippen LogP contribution is 2.16. The van der Waals surface area contributed by atoms with E-state index in [0.717, 1.165) is 25.7 Å². The second-order valence-corrected chi connectivity index (χ2v) is 12.0. The number of rotatable bonds is 33. The zero-order chi connectivity index (χ0) is 28.5. The highest BCUT2D eigenvalue weighted by Gasteiger charge is 1.99. The monoisotopic (exact) mass is 554 g/mol. The molecule has 0 radical (unpaired) electrons. The van der Waals surface area contributed by atoms with Crippen LogP contribution in [0.2, 0.25) is 0 Å². The number of hydrogen-bond acceptors (Lipinski definition) is 3. The van der Waals surface area contributed by atoms with Crippen molar-refractivity contribution in [3.05, 3.63) is 0 Å². The van der Waals surface area contributed by atoms with E-state index in [4.69, 9.17) is 10.3 Å². The summed E-state index contributed by atoms with van der Waals surface area (Å²) in [4.78, 5) is 21.4. The number of hydrogen-bond donors (Lipinski definition) is 3. The summed E-state index contributed by atoms with van der Waals surface area (Å²) < 4.78 is 0. The van der Waals surface area contributed by atoms with Crippen LogP contribution in [0.15, 0.2) is 0 Å². The number of carboxylic acids is 1. The molecule has 0 aromatic heterocycles. The fourth-order valence-electron chi connectivity index (χ4n) is 5.57. The molecule has 0 saturated heterocycles. The Kier molecular flexibility index (Phi) is 32.2. The zero-order valence-electron chi connectivity index (χ0n) is 25.8. The molecule has 0 saturated carbocycles. The predicted octanol–water partition coefficient (Wildman–Crippen LogP) is 11.1. The summed E-state index contributed by atoms with van der Waals surface area (Å²) in [6.07, 6.45) is 40.6. The number of unbranched alkanes of at least 4 members (excludes halogenated alkanes) is 29. The summed E-state index contributed by atoms with van der Waals surface area (Å²) in [5, 5.41) is 17.1. The van der Waals surface area contributed by atoms with Crippen molar-refractivity contribution in [3.63, 3.8) is 0 Å². The molecule has 232 valence electrons. The van der Waals surface area contributed by atoms with Crippen molar-refractivity contribution in [3.8, 4) is 0 Å². The molecule has 5 nitrogen and oxygen atoms in total. The molecular weight excluding hydrogens is 486 g/mol. The number of nitrogens with one attached hydrogen (secondary N) is 1. The fraction of sp³-hybridized carbons (Fsp3) is 0.941. The van der Waals surface area contributed by atoms with Gasteiger partial charge in [-0.2, -0.15) is 0 Å². The lowest BCUT2D eigenvalue weighted by atomic mass is 10.0. The van der Waals surface area contributed by atoms with Gasteiger partial charge in [-0.05, 0) is 12.8 Å². The molecule has 39 heavy (non-hydrogen) atoms. The smallest absolute Gasteiger partial charge is 0.303 e. The van der Waals surface area contributed by atoms with Gasteiger partial charge in [0.05, 0.1) is 0 Å². The van der Waals surface area contributed by atoms with Crippen LogP contribution in [0.25, 0.3) is 0 Å². The number of aliphatic carboxylic acids is 1. The molecular formula is C34H67NO4. The van der Waals surface area contributed by atoms with Gasteiger partial charge in [-0.25, -0.2) is 5.48 Å². The van der Waals surface area contributed by atoms with Crippen LogP contribution in [0.4, 0.5) is 0 Å². The summed E-state index contributed by atoms with van der Waals surface area (Å²) in [5.41, 5.74) is 1.69. The van der Waals surface area contributed by atoms with Gasteiger partial charge in [0.15, 0.2) is 0 Å². The Labute approximate surface area is 242 Å². The topological polar surface area (TPSA) is 86.6 Å². The van der Waals surface area contributed by atoms with E-state index < -0.39 is 5.97 Å². The molecule has 1 amide bonds. The van der Waals surface area contributed by atoms with Gasteiger partial charge < -0.3 is 5.11 Å². The average Bonchev–Trinajstić information content (AvgIpc) is 2.93. The maximum Gasteiger partial charge on any atom is 0.303 e. The Morgan fingerprint density at radius 1 is 0.333 bits per heavy atom. The van der Waals surface area contributed by atoms with Gasteiger partial charge in [-0.15, -0.1) is 0 Å². The van der Waals surface area contributed by atoms with E-state index in [9.17, 15) is 9.59 Å². The second-order valence-electron chi connectivity index (χ2n) is 12.0. The first-order valence-corrected chi connectivity index (χ1v) is 17.3. The van der Waals surface area contributed by atoms with E-state index in [-0.39, 0.29) is 5.91 Å². The molecule has 0 unspecified atom stereocenters. The minimum Gasteiger partial charge on any atom is -0.481 e. The molecule has 5 heteroatoms. The normalized spacial score (nSPS) is 11.2. The Balaban J connectivity index is 3.05. The number of carboxylic acid groups (broad SMARTS) is 1. The molecule has 0 aliphatic carbocycles. The van der Waals surface area contributed by atoms with E-state index >= 15 is 0 Å². The molecule has 0 aromatic carbocycles. The first-order chi connectivity index (χ1) is 19.2. The predicted molar refractivity (Wildman–Crippen MR) is 165 cm³/mol. The molecule has 0 heterocycles. The van der Waals surface area contributed by atoms with Gasteiger partial charge >= 0.3 is 5.97 Å². The Morgan fingerprint density at radius 2 is 0.513 bits per heavy atom. The summed E-state index contributed by atoms with van der Waals surface area (Å²) >= 11 is 0. The number of carbonyl (C=O) groups is 2. The van der Waals surface area contributed by atoms with Crippen molar-refractivity contribution >= 4 is 11.9 Å². The fourth-order valence-corrected chi connectivity index (χ4v) is 5.57. The summed E-state index contributed by atoms with van der Waals surface area (Å²) in [5.74, 6) is -0.918. The molecule has 0 aliphatic rings. The SMILES string of the molecule is O=C(O)CCCCCCCCCCCCCCCCCCCCCCCCCCCCCCCCC(=O)NO.